The van der Waals surface area contributed by atoms with Crippen molar-refractivity contribution in [3.05, 3.63) is 47.0 Å². The third-order valence-corrected chi connectivity index (χ3v) is 4.03. The first-order valence-electron chi connectivity index (χ1n) is 7.82. The molecule has 0 aliphatic rings. The van der Waals surface area contributed by atoms with Gasteiger partial charge in [-0.25, -0.2) is 4.98 Å². The first-order valence-corrected chi connectivity index (χ1v) is 8.70. The molecule has 0 radical (unpaired) electrons. The van der Waals surface area contributed by atoms with E-state index in [2.05, 4.69) is 10.3 Å². The van der Waals surface area contributed by atoms with Gasteiger partial charge in [0.25, 0.3) is 5.91 Å². The minimum absolute atomic E-state index is 0.0843. The van der Waals surface area contributed by atoms with Crippen molar-refractivity contribution in [2.24, 2.45) is 5.92 Å². The van der Waals surface area contributed by atoms with E-state index in [1.807, 2.05) is 13.8 Å². The fourth-order valence-corrected chi connectivity index (χ4v) is 2.81. The molecule has 1 heterocycles. The van der Waals surface area contributed by atoms with Gasteiger partial charge in [-0.15, -0.1) is 11.3 Å². The summed E-state index contributed by atoms with van der Waals surface area (Å²) in [5.74, 6) is -0.830. The summed E-state index contributed by atoms with van der Waals surface area (Å²) in [7, 11) is 0. The number of amides is 2. The van der Waals surface area contributed by atoms with E-state index < -0.39 is 23.6 Å². The van der Waals surface area contributed by atoms with Crippen LogP contribution in [0.15, 0.2) is 35.8 Å². The number of nitrogens with zero attached hydrogens (tertiary/aromatic N) is 2. The third kappa shape index (κ3) is 5.55. The van der Waals surface area contributed by atoms with Gasteiger partial charge in [0, 0.05) is 23.7 Å². The zero-order valence-electron chi connectivity index (χ0n) is 14.2. The second-order valence-corrected chi connectivity index (χ2v) is 6.93. The van der Waals surface area contributed by atoms with Crippen LogP contribution in [0.4, 0.5) is 18.3 Å². The minimum Gasteiger partial charge on any atom is -0.329 e. The Bertz CT molecular complexity index is 744. The molecule has 0 saturated heterocycles. The van der Waals surface area contributed by atoms with E-state index in [4.69, 9.17) is 0 Å². The van der Waals surface area contributed by atoms with Crippen molar-refractivity contribution >= 4 is 28.3 Å². The fraction of sp³-hybridized carbons (Fsp3) is 0.353. The average molecular weight is 385 g/mol. The van der Waals surface area contributed by atoms with Gasteiger partial charge in [0.2, 0.25) is 5.91 Å². The Balaban J connectivity index is 2.12. The highest BCUT2D eigenvalue weighted by molar-refractivity contribution is 7.13. The Hall–Kier alpha value is -2.42. The van der Waals surface area contributed by atoms with Crippen LogP contribution in [0.2, 0.25) is 0 Å². The Morgan fingerprint density at radius 1 is 1.23 bits per heavy atom. The van der Waals surface area contributed by atoms with Crippen LogP contribution in [0.5, 0.6) is 0 Å². The van der Waals surface area contributed by atoms with Gasteiger partial charge in [-0.3, -0.25) is 9.59 Å². The van der Waals surface area contributed by atoms with E-state index in [-0.39, 0.29) is 18.0 Å². The normalized spacial score (nSPS) is 11.5. The molecule has 2 rings (SSSR count). The van der Waals surface area contributed by atoms with Crippen molar-refractivity contribution in [2.75, 3.05) is 18.4 Å². The van der Waals surface area contributed by atoms with Crippen LogP contribution in [0.25, 0.3) is 0 Å². The molecule has 140 valence electrons. The Kier molecular flexibility index (Phi) is 6.36. The van der Waals surface area contributed by atoms with Crippen LogP contribution in [-0.4, -0.2) is 34.8 Å². The molecule has 1 aromatic heterocycles. The second-order valence-electron chi connectivity index (χ2n) is 6.04. The highest BCUT2D eigenvalue weighted by Gasteiger charge is 2.30. The third-order valence-electron chi connectivity index (χ3n) is 3.35. The van der Waals surface area contributed by atoms with Crippen LogP contribution in [-0.2, 0) is 11.0 Å². The van der Waals surface area contributed by atoms with E-state index in [0.717, 1.165) is 24.3 Å². The minimum atomic E-state index is -4.47. The maximum absolute atomic E-state index is 12.7. The van der Waals surface area contributed by atoms with Crippen LogP contribution >= 0.6 is 11.3 Å². The number of rotatable bonds is 6. The van der Waals surface area contributed by atoms with E-state index in [1.54, 1.807) is 11.6 Å². The van der Waals surface area contributed by atoms with E-state index in [9.17, 15) is 22.8 Å². The van der Waals surface area contributed by atoms with Crippen molar-refractivity contribution in [3.63, 3.8) is 0 Å². The molecule has 26 heavy (non-hydrogen) atoms. The van der Waals surface area contributed by atoms with Gasteiger partial charge in [0.15, 0.2) is 5.13 Å². The Morgan fingerprint density at radius 2 is 1.88 bits per heavy atom. The summed E-state index contributed by atoms with van der Waals surface area (Å²) < 4.78 is 38.0. The summed E-state index contributed by atoms with van der Waals surface area (Å²) in [6, 6.07) is 3.96. The largest absolute Gasteiger partial charge is 0.416 e. The number of anilines is 1. The maximum Gasteiger partial charge on any atom is 0.416 e. The lowest BCUT2D eigenvalue weighted by Crippen LogP contribution is -2.40. The van der Waals surface area contributed by atoms with Crippen molar-refractivity contribution in [2.45, 2.75) is 20.0 Å². The molecule has 0 aliphatic heterocycles. The zero-order chi connectivity index (χ0) is 19.3. The second kappa shape index (κ2) is 8.31. The number of hydrogen-bond donors (Lipinski definition) is 1. The smallest absolute Gasteiger partial charge is 0.329 e. The average Bonchev–Trinajstić information content (AvgIpc) is 3.05. The number of benzene rings is 1. The van der Waals surface area contributed by atoms with Gasteiger partial charge in [-0.1, -0.05) is 13.8 Å². The van der Waals surface area contributed by atoms with Crippen LogP contribution in [0, 0.1) is 5.92 Å². The molecule has 0 saturated carbocycles. The summed E-state index contributed by atoms with van der Waals surface area (Å²) in [5, 5.41) is 4.71. The predicted octanol–water partition coefficient (Wildman–Crippen LogP) is 3.90. The predicted molar refractivity (Wildman–Crippen MR) is 92.9 cm³/mol. The summed E-state index contributed by atoms with van der Waals surface area (Å²) in [4.78, 5) is 30.0. The van der Waals surface area contributed by atoms with Crippen molar-refractivity contribution in [3.8, 4) is 0 Å². The molecule has 5 nitrogen and oxygen atoms in total. The summed E-state index contributed by atoms with van der Waals surface area (Å²) >= 11 is 1.25. The van der Waals surface area contributed by atoms with E-state index >= 15 is 0 Å². The number of thiazole rings is 1. The van der Waals surface area contributed by atoms with Crippen molar-refractivity contribution in [1.82, 2.24) is 9.88 Å². The van der Waals surface area contributed by atoms with Gasteiger partial charge in [0.1, 0.15) is 6.54 Å². The number of nitrogens with one attached hydrogen (secondary N) is 1. The van der Waals surface area contributed by atoms with E-state index in [0.29, 0.717) is 11.7 Å². The topological polar surface area (TPSA) is 62.3 Å². The molecule has 0 aliphatic carbocycles. The lowest BCUT2D eigenvalue weighted by molar-refractivity contribution is -0.137. The highest BCUT2D eigenvalue weighted by atomic mass is 32.1. The van der Waals surface area contributed by atoms with Gasteiger partial charge in [-0.05, 0) is 30.2 Å². The number of carbonyl (C=O) groups is 2. The monoisotopic (exact) mass is 385 g/mol. The zero-order valence-corrected chi connectivity index (χ0v) is 15.0. The van der Waals surface area contributed by atoms with Gasteiger partial charge in [-0.2, -0.15) is 13.2 Å². The standard InChI is InChI=1S/C17H18F3N3O2S/c1-11(2)9-23(10-14(24)22-16-21-7-8-26-16)15(25)12-3-5-13(6-4-12)17(18,19)20/h3-8,11H,9-10H2,1-2H3,(H,21,22,24). The molecule has 9 heteroatoms. The molecule has 0 spiro atoms. The molecule has 0 bridgehead atoms. The number of alkyl halides is 3. The Morgan fingerprint density at radius 3 is 2.38 bits per heavy atom. The maximum atomic E-state index is 12.7. The van der Waals surface area contributed by atoms with Crippen LogP contribution < -0.4 is 5.32 Å². The molecule has 1 N–H and O–H groups in total. The number of carbonyl (C=O) groups excluding carboxylic acids is 2. The number of aromatic nitrogens is 1. The van der Waals surface area contributed by atoms with Crippen molar-refractivity contribution < 1.29 is 22.8 Å². The fourth-order valence-electron chi connectivity index (χ4n) is 2.26. The van der Waals surface area contributed by atoms with Crippen LogP contribution in [0.3, 0.4) is 0 Å². The molecule has 2 aromatic rings. The molecule has 0 atom stereocenters. The Labute approximate surface area is 152 Å². The van der Waals surface area contributed by atoms with Gasteiger partial charge < -0.3 is 10.2 Å². The number of hydrogen-bond acceptors (Lipinski definition) is 4. The van der Waals surface area contributed by atoms with Gasteiger partial charge in [0.05, 0.1) is 5.56 Å². The molecule has 1 aromatic carbocycles. The summed E-state index contributed by atoms with van der Waals surface area (Å²) in [5.41, 5.74) is -0.730. The van der Waals surface area contributed by atoms with Crippen LogP contribution in [0.1, 0.15) is 29.8 Å². The lowest BCUT2D eigenvalue weighted by Gasteiger charge is -2.24. The quantitative estimate of drug-likeness (QED) is 0.820. The molecular weight excluding hydrogens is 367 g/mol. The molecule has 0 unspecified atom stereocenters. The van der Waals surface area contributed by atoms with Gasteiger partial charge >= 0.3 is 6.18 Å². The molecule has 0 fully saturated rings. The molecule has 2 amide bonds. The summed E-state index contributed by atoms with van der Waals surface area (Å²) in [6.45, 7) is 3.85. The lowest BCUT2D eigenvalue weighted by atomic mass is 10.1. The first kappa shape index (κ1) is 19.9. The highest BCUT2D eigenvalue weighted by Crippen LogP contribution is 2.29. The van der Waals surface area contributed by atoms with Crippen molar-refractivity contribution in [1.29, 1.82) is 0 Å². The number of halogens is 3. The first-order chi connectivity index (χ1) is 12.2. The van der Waals surface area contributed by atoms with E-state index in [1.165, 1.54) is 16.2 Å². The summed E-state index contributed by atoms with van der Waals surface area (Å²) in [6.07, 6.45) is -2.92. The SMILES string of the molecule is CC(C)CN(CC(=O)Nc1nccs1)C(=O)c1ccc(C(F)(F)F)cc1. The molecular formula is C17H18F3N3O2S.